The van der Waals surface area contributed by atoms with Crippen LogP contribution < -0.4 is 4.89 Å². The lowest BCUT2D eigenvalue weighted by Gasteiger charge is -2.26. The van der Waals surface area contributed by atoms with Crippen molar-refractivity contribution in [2.45, 2.75) is 12.7 Å². The Morgan fingerprint density at radius 1 is 1.33 bits per heavy atom. The van der Waals surface area contributed by atoms with Crippen LogP contribution >= 0.6 is 0 Å². The summed E-state index contributed by atoms with van der Waals surface area (Å²) in [5, 5.41) is 0. The second kappa shape index (κ2) is 7.86. The number of hydrogen-bond acceptors (Lipinski definition) is 5. The van der Waals surface area contributed by atoms with Crippen LogP contribution in [0.25, 0.3) is 0 Å². The average Bonchev–Trinajstić information content (AvgIpc) is 2.44. The number of nitrogens with zero attached hydrogens (tertiary/aromatic N) is 1. The fourth-order valence-corrected chi connectivity index (χ4v) is 3.12. The molecule has 1 aliphatic heterocycles. The van der Waals surface area contributed by atoms with Crippen molar-refractivity contribution in [2.24, 2.45) is 0 Å². The minimum Gasteiger partial charge on any atom is -0.379 e. The molecule has 0 aromatic heterocycles. The summed E-state index contributed by atoms with van der Waals surface area (Å²) in [6.45, 7) is 6.11. The lowest BCUT2D eigenvalue weighted by Crippen LogP contribution is -2.39. The summed E-state index contributed by atoms with van der Waals surface area (Å²) in [7, 11) is -3.47. The Kier molecular flexibility index (Phi) is 6.13. The second-order valence-electron chi connectivity index (χ2n) is 5.13. The highest BCUT2D eigenvalue weighted by molar-refractivity contribution is 7.88. The van der Waals surface area contributed by atoms with Gasteiger partial charge in [-0.2, -0.15) is 0 Å². The first-order valence-electron chi connectivity index (χ1n) is 7.02. The average molecular weight is 314 g/mol. The van der Waals surface area contributed by atoms with Gasteiger partial charge in [0.25, 0.3) is 0 Å². The third-order valence-corrected chi connectivity index (χ3v) is 4.32. The van der Waals surface area contributed by atoms with Gasteiger partial charge in [-0.05, 0) is 12.5 Å². The molecule has 1 heterocycles. The summed E-state index contributed by atoms with van der Waals surface area (Å²) in [4.78, 5) is 9.44. The van der Waals surface area contributed by atoms with E-state index in [2.05, 4.69) is 9.79 Å². The number of nitrogens with one attached hydrogen (secondary N) is 1. The predicted octanol–water partition coefficient (Wildman–Crippen LogP) is 0.678. The molecule has 1 saturated heterocycles. The van der Waals surface area contributed by atoms with Crippen LogP contribution in [-0.4, -0.2) is 52.8 Å². The first-order chi connectivity index (χ1) is 10.1. The zero-order valence-electron chi connectivity index (χ0n) is 12.2. The SMILES string of the molecule is Cc1cccc(CS(=O)(=O)NOCCN2CCOCC2)c1. The number of aryl methyl sites for hydroxylation is 1. The molecule has 0 amide bonds. The molecule has 7 heteroatoms. The van der Waals surface area contributed by atoms with Crippen molar-refractivity contribution in [1.82, 2.24) is 9.79 Å². The third-order valence-electron chi connectivity index (χ3n) is 3.24. The summed E-state index contributed by atoms with van der Waals surface area (Å²) in [6, 6.07) is 7.43. The van der Waals surface area contributed by atoms with E-state index in [0.717, 1.165) is 37.4 Å². The van der Waals surface area contributed by atoms with Crippen LogP contribution in [0.4, 0.5) is 0 Å². The summed E-state index contributed by atoms with van der Waals surface area (Å²) in [5.41, 5.74) is 1.79. The molecule has 1 fully saturated rings. The topological polar surface area (TPSA) is 67.9 Å². The Labute approximate surface area is 126 Å². The maximum absolute atomic E-state index is 11.9. The number of morpholine rings is 1. The van der Waals surface area contributed by atoms with Gasteiger partial charge in [0, 0.05) is 19.6 Å². The van der Waals surface area contributed by atoms with Gasteiger partial charge < -0.3 is 4.74 Å². The molecule has 0 spiro atoms. The van der Waals surface area contributed by atoms with Crippen molar-refractivity contribution in [3.8, 4) is 0 Å². The highest BCUT2D eigenvalue weighted by Crippen LogP contribution is 2.07. The van der Waals surface area contributed by atoms with E-state index in [4.69, 9.17) is 9.57 Å². The molecular formula is C14H22N2O4S. The van der Waals surface area contributed by atoms with Crippen LogP contribution in [0.15, 0.2) is 24.3 Å². The highest BCUT2D eigenvalue weighted by Gasteiger charge is 2.13. The van der Waals surface area contributed by atoms with Crippen molar-refractivity contribution < 1.29 is 18.0 Å². The van der Waals surface area contributed by atoms with E-state index in [9.17, 15) is 8.42 Å². The minimum absolute atomic E-state index is 0.0771. The smallest absolute Gasteiger partial charge is 0.237 e. The number of hydrogen-bond donors (Lipinski definition) is 1. The van der Waals surface area contributed by atoms with Crippen molar-refractivity contribution in [3.05, 3.63) is 35.4 Å². The molecule has 0 radical (unpaired) electrons. The predicted molar refractivity (Wildman–Crippen MR) is 80.1 cm³/mol. The van der Waals surface area contributed by atoms with Crippen molar-refractivity contribution in [1.29, 1.82) is 0 Å². The van der Waals surface area contributed by atoms with Gasteiger partial charge in [0.1, 0.15) is 0 Å². The largest absolute Gasteiger partial charge is 0.379 e. The molecule has 2 rings (SSSR count). The number of ether oxygens (including phenoxy) is 1. The Hall–Kier alpha value is -0.990. The van der Waals surface area contributed by atoms with Crippen LogP contribution in [0.3, 0.4) is 0 Å². The minimum atomic E-state index is -3.47. The van der Waals surface area contributed by atoms with Gasteiger partial charge in [-0.3, -0.25) is 9.74 Å². The van der Waals surface area contributed by atoms with Gasteiger partial charge in [0.2, 0.25) is 10.0 Å². The molecule has 118 valence electrons. The molecule has 0 aliphatic carbocycles. The van der Waals surface area contributed by atoms with Crippen molar-refractivity contribution >= 4 is 10.0 Å². The van der Waals surface area contributed by atoms with Gasteiger partial charge in [0.15, 0.2) is 0 Å². The normalized spacial score (nSPS) is 17.0. The number of sulfonamides is 1. The van der Waals surface area contributed by atoms with Crippen LogP contribution in [0.2, 0.25) is 0 Å². The monoisotopic (exact) mass is 314 g/mol. The maximum Gasteiger partial charge on any atom is 0.237 e. The Morgan fingerprint density at radius 3 is 2.81 bits per heavy atom. The zero-order chi connectivity index (χ0) is 15.1. The molecule has 1 N–H and O–H groups in total. The van der Waals surface area contributed by atoms with Crippen LogP contribution in [-0.2, 0) is 25.4 Å². The lowest BCUT2D eigenvalue weighted by atomic mass is 10.2. The lowest BCUT2D eigenvalue weighted by molar-refractivity contribution is 0.0125. The quantitative estimate of drug-likeness (QED) is 0.592. The summed E-state index contributed by atoms with van der Waals surface area (Å²) in [5.74, 6) is -0.0771. The Bertz CT molecular complexity index is 542. The highest BCUT2D eigenvalue weighted by atomic mass is 32.2. The molecule has 6 nitrogen and oxygen atoms in total. The van der Waals surface area contributed by atoms with E-state index < -0.39 is 10.0 Å². The van der Waals surface area contributed by atoms with Gasteiger partial charge in [-0.15, -0.1) is 0 Å². The molecule has 1 aromatic rings. The molecular weight excluding hydrogens is 292 g/mol. The fourth-order valence-electron chi connectivity index (χ4n) is 2.18. The fraction of sp³-hybridized carbons (Fsp3) is 0.571. The number of benzene rings is 1. The van der Waals surface area contributed by atoms with Crippen molar-refractivity contribution in [2.75, 3.05) is 39.5 Å². The van der Waals surface area contributed by atoms with Gasteiger partial charge in [-0.1, -0.05) is 34.7 Å². The first-order valence-corrected chi connectivity index (χ1v) is 8.67. The maximum atomic E-state index is 11.9. The van der Waals surface area contributed by atoms with E-state index in [1.165, 1.54) is 0 Å². The molecule has 0 atom stereocenters. The Balaban J connectivity index is 1.71. The van der Waals surface area contributed by atoms with E-state index in [-0.39, 0.29) is 5.75 Å². The molecule has 1 aliphatic rings. The van der Waals surface area contributed by atoms with Crippen molar-refractivity contribution in [3.63, 3.8) is 0 Å². The molecule has 0 bridgehead atoms. The summed E-state index contributed by atoms with van der Waals surface area (Å²) >= 11 is 0. The van der Waals surface area contributed by atoms with E-state index in [1.54, 1.807) is 6.07 Å². The first kappa shape index (κ1) is 16.4. The standard InChI is InChI=1S/C14H22N2O4S/c1-13-3-2-4-14(11-13)12-21(17,18)15-20-10-7-16-5-8-19-9-6-16/h2-4,11,15H,5-10,12H2,1H3. The number of rotatable bonds is 7. The molecule has 0 unspecified atom stereocenters. The Morgan fingerprint density at radius 2 is 2.10 bits per heavy atom. The van der Waals surface area contributed by atoms with Gasteiger partial charge >= 0.3 is 0 Å². The van der Waals surface area contributed by atoms with Crippen LogP contribution in [0, 0.1) is 6.92 Å². The van der Waals surface area contributed by atoms with Gasteiger partial charge in [-0.25, -0.2) is 8.42 Å². The van der Waals surface area contributed by atoms with E-state index in [1.807, 2.05) is 25.1 Å². The van der Waals surface area contributed by atoms with Crippen LogP contribution in [0.1, 0.15) is 11.1 Å². The molecule has 0 saturated carbocycles. The van der Waals surface area contributed by atoms with E-state index in [0.29, 0.717) is 13.2 Å². The zero-order valence-corrected chi connectivity index (χ0v) is 13.1. The van der Waals surface area contributed by atoms with Crippen LogP contribution in [0.5, 0.6) is 0 Å². The second-order valence-corrected chi connectivity index (χ2v) is 6.82. The molecule has 21 heavy (non-hydrogen) atoms. The summed E-state index contributed by atoms with van der Waals surface area (Å²) in [6.07, 6.45) is 0. The molecule has 1 aromatic carbocycles. The summed E-state index contributed by atoms with van der Waals surface area (Å²) < 4.78 is 29.0. The third kappa shape index (κ3) is 6.11. The van der Waals surface area contributed by atoms with E-state index >= 15 is 0 Å². The van der Waals surface area contributed by atoms with Gasteiger partial charge in [0.05, 0.1) is 25.6 Å².